The second-order valence-corrected chi connectivity index (χ2v) is 28.4. The highest BCUT2D eigenvalue weighted by molar-refractivity contribution is 6.33. The molecule has 0 unspecified atom stereocenters. The highest BCUT2D eigenvalue weighted by Gasteiger charge is 2.26. The van der Waals surface area contributed by atoms with Crippen molar-refractivity contribution in [3.63, 3.8) is 0 Å². The third kappa shape index (κ3) is 18.1. The molecule has 1 aliphatic carbocycles. The Balaban J connectivity index is 0.000000134. The van der Waals surface area contributed by atoms with Gasteiger partial charge in [0.05, 0.1) is 77.1 Å². The molecule has 9 aromatic carbocycles. The van der Waals surface area contributed by atoms with Gasteiger partial charge in [0.25, 0.3) is 45.5 Å². The van der Waals surface area contributed by atoms with Crippen LogP contribution in [0.1, 0.15) is 138 Å². The second-order valence-electron chi connectivity index (χ2n) is 28.0. The molecule has 29 heteroatoms. The molecule has 3 amide bonds. The third-order valence-electron chi connectivity index (χ3n) is 20.1. The molecule has 1 fully saturated rings. The van der Waals surface area contributed by atoms with Gasteiger partial charge in [-0.15, -0.1) is 0 Å². The fourth-order valence-corrected chi connectivity index (χ4v) is 13.9. The lowest BCUT2D eigenvalue weighted by atomic mass is 9.88. The number of hydrogen-bond acceptors (Lipinski definition) is 19. The Morgan fingerprint density at radius 1 is 0.517 bits per heavy atom. The number of benzene rings is 9. The molecule has 0 atom stereocenters. The smallest absolute Gasteiger partial charge is 0.274 e. The minimum Gasteiger partial charge on any atom is -0.388 e. The van der Waals surface area contributed by atoms with Crippen LogP contribution in [0.15, 0.2) is 224 Å². The highest BCUT2D eigenvalue weighted by atomic mass is 35.5. The number of rotatable bonds is 14. The van der Waals surface area contributed by atoms with Crippen molar-refractivity contribution in [1.29, 1.82) is 0 Å². The van der Waals surface area contributed by atoms with Crippen molar-refractivity contribution in [3.05, 3.63) is 319 Å². The lowest BCUT2D eigenvalue weighted by molar-refractivity contribution is 0.0702. The van der Waals surface area contributed by atoms with E-state index in [-0.39, 0.29) is 50.6 Å². The summed E-state index contributed by atoms with van der Waals surface area (Å²) in [6.45, 7) is 6.78. The normalized spacial score (nSPS) is 12.0. The number of aryl methyl sites for hydroxylation is 3. The summed E-state index contributed by atoms with van der Waals surface area (Å²) >= 11 is 6.12. The Hall–Kier alpha value is -13.9. The van der Waals surface area contributed by atoms with Crippen LogP contribution in [-0.4, -0.2) is 124 Å². The number of carbonyl (C=O) groups is 5. The number of H-pyrrole nitrogens is 4. The Morgan fingerprint density at radius 2 is 1.03 bits per heavy atom. The average molecular weight is 1580 g/mol. The SMILES string of the molecule is CC(C)(c1ccccc1)n1cnc2ccc(C(=O)NO)cc2c1=O.CNC(=O)c1ccc2c(=O)[nH]c(-c3cc4ccccc4n3C)nc2c1.Cc1ccc(Cc2nc3cc(C(=O)NO)ccc3c(=O)[nH]2)c(C)c1.O=C(CO)c1ccc2c(=O)[nH]c(-c3ccccc3Cl)nc2c1.O=C(CO)c1ccc2c(=O)[nH]c(C3CCCCC3)nc2c1. The van der Waals surface area contributed by atoms with Crippen molar-refractivity contribution >= 4 is 106 Å². The number of hydrogen-bond donors (Lipinski definition) is 11. The van der Waals surface area contributed by atoms with Crippen LogP contribution in [-0.2, 0) is 19.0 Å². The van der Waals surface area contributed by atoms with Crippen molar-refractivity contribution in [2.45, 2.75) is 77.7 Å². The van der Waals surface area contributed by atoms with Gasteiger partial charge in [-0.2, -0.15) is 0 Å². The lowest BCUT2D eigenvalue weighted by Gasteiger charge is -2.28. The first-order valence-corrected chi connectivity index (χ1v) is 37.1. The zero-order valence-electron chi connectivity index (χ0n) is 63.7. The Bertz CT molecular complexity index is 6650. The van der Waals surface area contributed by atoms with Gasteiger partial charge in [-0.05, 0) is 160 Å². The van der Waals surface area contributed by atoms with Gasteiger partial charge in [0, 0.05) is 70.7 Å². The molecule has 16 rings (SSSR count). The molecule has 11 N–H and O–H groups in total. The van der Waals surface area contributed by atoms with Gasteiger partial charge in [-0.3, -0.25) is 62.9 Å². The van der Waals surface area contributed by atoms with Gasteiger partial charge in [0.1, 0.15) is 30.7 Å². The molecular weight excluding hydrogens is 1500 g/mol. The van der Waals surface area contributed by atoms with Gasteiger partial charge in [-0.25, -0.2) is 35.9 Å². The van der Waals surface area contributed by atoms with Crippen molar-refractivity contribution in [1.82, 2.24) is 70.3 Å². The minimum absolute atomic E-state index is 0.163. The number of carbonyl (C=O) groups excluding carboxylic acids is 5. The number of para-hydroxylation sites is 1. The van der Waals surface area contributed by atoms with E-state index in [1.54, 1.807) is 89.3 Å². The monoisotopic (exact) mass is 1580 g/mol. The summed E-state index contributed by atoms with van der Waals surface area (Å²) in [4.78, 5) is 153. The van der Waals surface area contributed by atoms with Crippen LogP contribution in [0.2, 0.25) is 5.02 Å². The largest absolute Gasteiger partial charge is 0.388 e. The summed E-state index contributed by atoms with van der Waals surface area (Å²) in [5, 5.41) is 41.5. The van der Waals surface area contributed by atoms with E-state index in [4.69, 9.17) is 32.2 Å². The van der Waals surface area contributed by atoms with E-state index in [1.165, 1.54) is 66.8 Å². The molecule has 0 spiro atoms. The molecule has 15 aromatic rings. The molecule has 28 nitrogen and oxygen atoms in total. The number of aromatic nitrogens is 11. The molecule has 588 valence electrons. The van der Waals surface area contributed by atoms with E-state index < -0.39 is 36.4 Å². The molecule has 0 aliphatic heterocycles. The Kier molecular flexibility index (Phi) is 25.2. The maximum absolute atomic E-state index is 12.9. The van der Waals surface area contributed by atoms with Crippen LogP contribution in [0.3, 0.4) is 0 Å². The maximum atomic E-state index is 12.9. The van der Waals surface area contributed by atoms with E-state index in [1.807, 2.05) is 112 Å². The zero-order chi connectivity index (χ0) is 82.6. The number of amides is 3. The highest BCUT2D eigenvalue weighted by Crippen LogP contribution is 2.32. The van der Waals surface area contributed by atoms with Crippen molar-refractivity contribution in [2.24, 2.45) is 7.05 Å². The minimum atomic E-state index is -0.672. The van der Waals surface area contributed by atoms with E-state index in [0.717, 1.165) is 64.8 Å². The lowest BCUT2D eigenvalue weighted by Crippen LogP contribution is -2.37. The number of ketones is 2. The number of hydroxylamine groups is 2. The predicted octanol–water partition coefficient (Wildman–Crippen LogP) is 11.6. The molecule has 1 aliphatic rings. The molecule has 0 radical (unpaired) electrons. The molecule has 6 aromatic heterocycles. The van der Waals surface area contributed by atoms with Crippen LogP contribution < -0.4 is 44.1 Å². The van der Waals surface area contributed by atoms with Gasteiger partial charge in [0.2, 0.25) is 0 Å². The van der Waals surface area contributed by atoms with Crippen LogP contribution >= 0.6 is 11.6 Å². The third-order valence-corrected chi connectivity index (χ3v) is 20.4. The van der Waals surface area contributed by atoms with E-state index >= 15 is 0 Å². The molecule has 116 heavy (non-hydrogen) atoms. The number of aliphatic hydroxyl groups excluding tert-OH is 2. The van der Waals surface area contributed by atoms with Gasteiger partial charge >= 0.3 is 0 Å². The molecule has 6 heterocycles. The van der Waals surface area contributed by atoms with Gasteiger partial charge in [0.15, 0.2) is 17.4 Å². The van der Waals surface area contributed by atoms with Crippen LogP contribution in [0.5, 0.6) is 0 Å². The quantitative estimate of drug-likeness (QED) is 0.0274. The summed E-state index contributed by atoms with van der Waals surface area (Å²) in [5.74, 6) is 0.0392. The summed E-state index contributed by atoms with van der Waals surface area (Å²) in [7, 11) is 3.50. The summed E-state index contributed by atoms with van der Waals surface area (Å²) in [6, 6.07) is 55.9. The summed E-state index contributed by atoms with van der Waals surface area (Å²) in [5.41, 5.74) is 12.0. The van der Waals surface area contributed by atoms with E-state index in [9.17, 15) is 47.9 Å². The zero-order valence-corrected chi connectivity index (χ0v) is 64.4. The second kappa shape index (κ2) is 35.8. The summed E-state index contributed by atoms with van der Waals surface area (Å²) in [6.07, 6.45) is 7.67. The number of Topliss-reactive ketones (excluding diaryl/α,β-unsaturated/α-hetero) is 2. The first-order valence-electron chi connectivity index (χ1n) is 36.8. The van der Waals surface area contributed by atoms with Crippen molar-refractivity contribution in [2.75, 3.05) is 20.3 Å². The molecular formula is C87H79ClN14O14. The first-order chi connectivity index (χ1) is 55.8. The summed E-state index contributed by atoms with van der Waals surface area (Å²) < 4.78 is 3.54. The maximum Gasteiger partial charge on any atom is 0.274 e. The van der Waals surface area contributed by atoms with E-state index in [2.05, 4.69) is 56.2 Å². The van der Waals surface area contributed by atoms with Gasteiger partial charge < -0.3 is 40.0 Å². The number of nitrogens with one attached hydrogen (secondary N) is 7. The Labute approximate surface area is 664 Å². The van der Waals surface area contributed by atoms with Crippen molar-refractivity contribution < 1.29 is 44.6 Å². The number of aromatic amines is 4. The first kappa shape index (κ1) is 81.6. The molecule has 0 bridgehead atoms. The number of fused-ring (bicyclic) bond motifs is 6. The van der Waals surface area contributed by atoms with Gasteiger partial charge in [-0.1, -0.05) is 127 Å². The standard InChI is InChI=1S/C19H16N4O2.2C18H17N3O3.C16H11ClN2O3.C16H18N2O3/c1-20-18(24)12-7-8-13-14(9-12)21-17(22-19(13)25)16-10-11-5-3-4-6-15(11)23(16)2;1-10-3-4-12(11(2)7-10)9-16-19-15-8-13(17(22)21-24)5-6-14(15)18(23)20-16;1-18(2,13-6-4-3-5-7-13)21-11-19-15-9-8-12(16(22)20-24)10-14(15)17(21)23;17-12-4-2-1-3-10(12)15-18-13-7-9(14(21)8-20)5-6-11(13)16(22)19-15;19-9-14(20)11-6-7-12-13(8-11)17-15(18-16(12)21)10-4-2-1-3-5-10/h3-10H,1-2H3,(H,20,24)(H,21,22,25);3-8,24H,9H2,1-2H3,(H,21,22)(H,19,20,23);3-11,24H,1-2H3,(H,20,22);1-7,20H,8H2,(H,18,19,22);6-8,10,19H,1-5,9H2,(H,17,18,21). The van der Waals surface area contributed by atoms with Crippen LogP contribution in [0.25, 0.3) is 88.3 Å². The molecule has 0 saturated heterocycles. The fourth-order valence-electron chi connectivity index (χ4n) is 13.7. The Morgan fingerprint density at radius 3 is 1.61 bits per heavy atom. The number of aliphatic hydroxyl groups is 2. The molecule has 1 saturated carbocycles. The number of nitrogens with zero attached hydrogens (tertiary/aromatic N) is 7. The van der Waals surface area contributed by atoms with Crippen LogP contribution in [0.4, 0.5) is 0 Å². The number of halogens is 1. The van der Waals surface area contributed by atoms with E-state index in [0.29, 0.717) is 112 Å². The average Bonchev–Trinajstić information content (AvgIpc) is 1.67. The van der Waals surface area contributed by atoms with Crippen molar-refractivity contribution in [3.8, 4) is 22.9 Å². The fraction of sp³-hybridized carbons (Fsp3) is 0.184. The van der Waals surface area contributed by atoms with Crippen LogP contribution in [0, 0.1) is 13.8 Å². The topological polar surface area (TPSA) is 425 Å². The predicted molar refractivity (Wildman–Crippen MR) is 442 cm³/mol.